The molecule has 5 aliphatic rings. The third kappa shape index (κ3) is 2.37. The van der Waals surface area contributed by atoms with E-state index in [9.17, 15) is 9.90 Å². The maximum atomic E-state index is 13.5. The first-order chi connectivity index (χ1) is 14.9. The number of fused-ring (bicyclic) bond motifs is 3. The van der Waals surface area contributed by atoms with Gasteiger partial charge in [-0.2, -0.15) is 0 Å². The Morgan fingerprint density at radius 2 is 2.06 bits per heavy atom. The number of ether oxygens (including phenoxy) is 3. The van der Waals surface area contributed by atoms with Crippen LogP contribution in [0.2, 0.25) is 0 Å². The largest absolute Gasteiger partial charge is 0.465 e. The highest BCUT2D eigenvalue weighted by molar-refractivity contribution is 5.83. The Morgan fingerprint density at radius 3 is 2.81 bits per heavy atom. The minimum atomic E-state index is -0.881. The molecule has 2 saturated heterocycles. The molecule has 3 heterocycles. The van der Waals surface area contributed by atoms with Crippen LogP contribution in [0.15, 0.2) is 12.1 Å². The summed E-state index contributed by atoms with van der Waals surface area (Å²) >= 11 is 0. The molecule has 1 aromatic rings. The van der Waals surface area contributed by atoms with E-state index in [2.05, 4.69) is 36.6 Å². The average Bonchev–Trinajstić information content (AvgIpc) is 3.46. The summed E-state index contributed by atoms with van der Waals surface area (Å²) in [6.07, 6.45) is 1.72. The number of aliphatic hydroxyl groups is 1. The monoisotopic (exact) mass is 428 g/mol. The molecule has 0 radical (unpaired) electrons. The molecule has 3 aliphatic heterocycles. The molecular formula is C24H32N2O5. The van der Waals surface area contributed by atoms with E-state index in [1.807, 2.05) is 6.92 Å². The summed E-state index contributed by atoms with van der Waals surface area (Å²) in [7, 11) is 0. The van der Waals surface area contributed by atoms with Gasteiger partial charge in [-0.15, -0.1) is 0 Å². The predicted molar refractivity (Wildman–Crippen MR) is 113 cm³/mol. The first-order valence-electron chi connectivity index (χ1n) is 11.7. The third-order valence-corrected chi connectivity index (χ3v) is 8.52. The maximum Gasteiger partial charge on any atom is 0.326 e. The summed E-state index contributed by atoms with van der Waals surface area (Å²) in [5.74, 6) is 1.57. The Bertz CT molecular complexity index is 935. The van der Waals surface area contributed by atoms with Crippen LogP contribution in [-0.4, -0.2) is 48.7 Å². The van der Waals surface area contributed by atoms with Crippen LogP contribution < -0.4 is 20.1 Å². The highest BCUT2D eigenvalue weighted by Gasteiger charge is 2.73. The van der Waals surface area contributed by atoms with E-state index in [4.69, 9.17) is 14.2 Å². The lowest BCUT2D eigenvalue weighted by atomic mass is 9.55. The van der Waals surface area contributed by atoms with Crippen LogP contribution in [0.5, 0.6) is 11.5 Å². The van der Waals surface area contributed by atoms with Crippen molar-refractivity contribution in [2.45, 2.75) is 69.2 Å². The van der Waals surface area contributed by atoms with Gasteiger partial charge in [0.05, 0.1) is 12.7 Å². The van der Waals surface area contributed by atoms with E-state index in [-0.39, 0.29) is 48.0 Å². The molecule has 1 aromatic carbocycles. The first kappa shape index (κ1) is 19.8. The van der Waals surface area contributed by atoms with Crippen molar-refractivity contribution < 1.29 is 24.1 Å². The van der Waals surface area contributed by atoms with Gasteiger partial charge in [-0.05, 0) is 67.8 Å². The minimum absolute atomic E-state index is 0.0185. The van der Waals surface area contributed by atoms with E-state index >= 15 is 0 Å². The quantitative estimate of drug-likeness (QED) is 0.632. The van der Waals surface area contributed by atoms with E-state index in [1.165, 1.54) is 11.1 Å². The Hall–Kier alpha value is -1.83. The Kier molecular flexibility index (Phi) is 4.22. The molecule has 0 aromatic heterocycles. The molecule has 3 fully saturated rings. The van der Waals surface area contributed by atoms with Crippen LogP contribution in [0.25, 0.3) is 0 Å². The van der Waals surface area contributed by atoms with Gasteiger partial charge in [-0.25, -0.2) is 0 Å². The van der Waals surface area contributed by atoms with Gasteiger partial charge in [-0.1, -0.05) is 13.8 Å². The fourth-order valence-corrected chi connectivity index (χ4v) is 7.82. The topological polar surface area (TPSA) is 89.1 Å². The second-order valence-electron chi connectivity index (χ2n) is 10.4. The van der Waals surface area contributed by atoms with Crippen LogP contribution in [0.3, 0.4) is 0 Å². The molecule has 0 amide bonds. The van der Waals surface area contributed by atoms with Gasteiger partial charge in [0.25, 0.3) is 0 Å². The number of hydrogen-bond acceptors (Lipinski definition) is 7. The van der Waals surface area contributed by atoms with Crippen LogP contribution in [-0.2, 0) is 14.9 Å². The molecule has 168 valence electrons. The fourth-order valence-electron chi connectivity index (χ4n) is 7.82. The summed E-state index contributed by atoms with van der Waals surface area (Å²) in [5.41, 5.74) is 1.49. The van der Waals surface area contributed by atoms with E-state index < -0.39 is 11.6 Å². The lowest BCUT2D eigenvalue weighted by molar-refractivity contribution is -0.158. The standard InChI is InChI=1S/C24H32N2O5/c1-4-29-22(28)24(10-12(2)3)19-15(27)9-18-23(5-6-25-18)14-8-17-16(30-11-31-17)7-13(14)21(26-24)20(19)23/h7-8,12,15,18-21,25-27H,4-6,9-11H2,1-3H3/t15-,18+,19+,20-,21-,23-,24-/m1/s1. The third-order valence-electron chi connectivity index (χ3n) is 8.52. The minimum Gasteiger partial charge on any atom is -0.465 e. The van der Waals surface area contributed by atoms with E-state index in [0.29, 0.717) is 19.4 Å². The number of esters is 1. The summed E-state index contributed by atoms with van der Waals surface area (Å²) in [4.78, 5) is 13.5. The second kappa shape index (κ2) is 6.59. The van der Waals surface area contributed by atoms with Gasteiger partial charge < -0.3 is 24.6 Å². The van der Waals surface area contributed by atoms with Gasteiger partial charge in [0, 0.05) is 23.4 Å². The van der Waals surface area contributed by atoms with Crippen molar-refractivity contribution in [3.05, 3.63) is 23.3 Å². The van der Waals surface area contributed by atoms with Crippen molar-refractivity contribution in [3.8, 4) is 11.5 Å². The molecular weight excluding hydrogens is 396 g/mol. The van der Waals surface area contributed by atoms with Gasteiger partial charge >= 0.3 is 5.97 Å². The molecule has 0 unspecified atom stereocenters. The molecule has 7 atom stereocenters. The Balaban J connectivity index is 1.56. The molecule has 7 nitrogen and oxygen atoms in total. The van der Waals surface area contributed by atoms with Gasteiger partial charge in [-0.3, -0.25) is 10.1 Å². The zero-order chi connectivity index (χ0) is 21.5. The van der Waals surface area contributed by atoms with Crippen LogP contribution >= 0.6 is 0 Å². The Morgan fingerprint density at radius 1 is 1.29 bits per heavy atom. The number of aliphatic hydroxyl groups excluding tert-OH is 1. The SMILES string of the molecule is CCOC(=O)[C@]1(CC(C)C)N[C@@H]2c3cc4c(cc3[C@]35CCN[C@H]3C[C@@H](O)[C@H]1[C@H]25)OCO4. The predicted octanol–water partition coefficient (Wildman–Crippen LogP) is 2.02. The average molecular weight is 429 g/mol. The highest BCUT2D eigenvalue weighted by atomic mass is 16.7. The summed E-state index contributed by atoms with van der Waals surface area (Å²) in [5, 5.41) is 18.9. The Labute approximate surface area is 182 Å². The number of nitrogens with one attached hydrogen (secondary N) is 2. The molecule has 2 aliphatic carbocycles. The van der Waals surface area contributed by atoms with Crippen LogP contribution in [0.1, 0.15) is 57.2 Å². The maximum absolute atomic E-state index is 13.5. The molecule has 6 rings (SSSR count). The molecule has 7 heteroatoms. The lowest BCUT2D eigenvalue weighted by Crippen LogP contribution is -2.63. The first-order valence-corrected chi connectivity index (χ1v) is 11.7. The molecule has 31 heavy (non-hydrogen) atoms. The molecule has 0 bridgehead atoms. The number of carbonyl (C=O) groups is 1. The van der Waals surface area contributed by atoms with Gasteiger partial charge in [0.2, 0.25) is 6.79 Å². The van der Waals surface area contributed by atoms with Crippen LogP contribution in [0, 0.1) is 17.8 Å². The zero-order valence-electron chi connectivity index (χ0n) is 18.4. The summed E-state index contributed by atoms with van der Waals surface area (Å²) in [6, 6.07) is 4.44. The van der Waals surface area contributed by atoms with Crippen molar-refractivity contribution in [2.75, 3.05) is 19.9 Å². The van der Waals surface area contributed by atoms with Crippen molar-refractivity contribution in [3.63, 3.8) is 0 Å². The highest BCUT2D eigenvalue weighted by Crippen LogP contribution is 2.68. The molecule has 3 N–H and O–H groups in total. The second-order valence-corrected chi connectivity index (χ2v) is 10.4. The number of hydrogen-bond donors (Lipinski definition) is 3. The zero-order valence-corrected chi connectivity index (χ0v) is 18.4. The van der Waals surface area contributed by atoms with Gasteiger partial charge in [0.1, 0.15) is 5.54 Å². The van der Waals surface area contributed by atoms with Crippen molar-refractivity contribution in [1.82, 2.24) is 10.6 Å². The van der Waals surface area contributed by atoms with Crippen molar-refractivity contribution in [2.24, 2.45) is 17.8 Å². The number of rotatable bonds is 4. The number of benzene rings is 1. The number of carbonyl (C=O) groups excluding carboxylic acids is 1. The lowest BCUT2D eigenvalue weighted by Gasteiger charge is -2.50. The molecule has 1 spiro atoms. The normalized spacial score (nSPS) is 41.3. The van der Waals surface area contributed by atoms with Gasteiger partial charge in [0.15, 0.2) is 11.5 Å². The van der Waals surface area contributed by atoms with Crippen LogP contribution in [0.4, 0.5) is 0 Å². The molecule has 1 saturated carbocycles. The van der Waals surface area contributed by atoms with Crippen molar-refractivity contribution >= 4 is 5.97 Å². The van der Waals surface area contributed by atoms with Crippen molar-refractivity contribution in [1.29, 1.82) is 0 Å². The summed E-state index contributed by atoms with van der Waals surface area (Å²) in [6.45, 7) is 7.61. The summed E-state index contributed by atoms with van der Waals surface area (Å²) < 4.78 is 17.1. The van der Waals surface area contributed by atoms with E-state index in [0.717, 1.165) is 24.5 Å². The fraction of sp³-hybridized carbons (Fsp3) is 0.708. The van der Waals surface area contributed by atoms with E-state index in [1.54, 1.807) is 0 Å². The smallest absolute Gasteiger partial charge is 0.326 e.